The second-order valence-electron chi connectivity index (χ2n) is 6.53. The molecule has 0 radical (unpaired) electrons. The van der Waals surface area contributed by atoms with E-state index in [-0.39, 0.29) is 14.9 Å². The first-order valence-corrected chi connectivity index (χ1v) is 11.3. The van der Waals surface area contributed by atoms with Crippen molar-refractivity contribution in [2.75, 3.05) is 36.7 Å². The lowest BCUT2D eigenvalue weighted by molar-refractivity contribution is -0.137. The Morgan fingerprint density at radius 3 is 2.37 bits per heavy atom. The van der Waals surface area contributed by atoms with Gasteiger partial charge in [-0.15, -0.1) is 0 Å². The molecule has 1 aromatic rings. The van der Waals surface area contributed by atoms with Gasteiger partial charge in [-0.1, -0.05) is 24.0 Å². The number of amides is 2. The Balaban J connectivity index is 1.94. The van der Waals surface area contributed by atoms with Gasteiger partial charge in [0.1, 0.15) is 21.6 Å². The third kappa shape index (κ3) is 4.11. The third-order valence-corrected chi connectivity index (χ3v) is 6.34. The van der Waals surface area contributed by atoms with Gasteiger partial charge in [0.05, 0.1) is 23.2 Å². The fourth-order valence-electron chi connectivity index (χ4n) is 3.06. The SMILES string of the molecule is CN1C(=C2SC(=S)N(CC(=O)NS(C)(=O)=O)C2=O)N(C)c2cc(C(F)(F)F)ccc21. The molecule has 30 heavy (non-hydrogen) atoms. The number of rotatable bonds is 3. The van der Waals surface area contributed by atoms with Crippen LogP contribution < -0.4 is 14.5 Å². The molecule has 0 atom stereocenters. The fraction of sp³-hybridized carbons (Fsp3) is 0.312. The molecular weight excluding hydrogens is 465 g/mol. The number of sulfonamides is 1. The van der Waals surface area contributed by atoms with Crippen molar-refractivity contribution < 1.29 is 31.2 Å². The van der Waals surface area contributed by atoms with Gasteiger partial charge in [-0.25, -0.2) is 8.42 Å². The zero-order chi connectivity index (χ0) is 22.6. The van der Waals surface area contributed by atoms with Gasteiger partial charge in [-0.05, 0) is 18.2 Å². The highest BCUT2D eigenvalue weighted by atomic mass is 32.2. The number of nitrogens with one attached hydrogen (secondary N) is 1. The molecule has 0 unspecified atom stereocenters. The maximum atomic E-state index is 13.1. The molecule has 8 nitrogen and oxygen atoms in total. The summed E-state index contributed by atoms with van der Waals surface area (Å²) in [4.78, 5) is 28.8. The lowest BCUT2D eigenvalue weighted by Gasteiger charge is -2.20. The standard InChI is InChI=1S/C16H15F3N4O4S3/c1-21-9-5-4-8(16(17,18)19)6-10(9)22(2)13(21)12-14(25)23(15(28)29-12)7-11(24)20-30(3,26)27/h4-6H,7H2,1-3H3,(H,20,24). The second-order valence-corrected chi connectivity index (χ2v) is 9.92. The van der Waals surface area contributed by atoms with E-state index in [1.54, 1.807) is 16.7 Å². The van der Waals surface area contributed by atoms with Crippen molar-refractivity contribution in [3.63, 3.8) is 0 Å². The van der Waals surface area contributed by atoms with Crippen LogP contribution in [-0.4, -0.2) is 56.3 Å². The molecule has 0 spiro atoms. The molecule has 3 rings (SSSR count). The second kappa shape index (κ2) is 7.42. The zero-order valence-electron chi connectivity index (χ0n) is 15.8. The minimum absolute atomic E-state index is 0.0277. The van der Waals surface area contributed by atoms with Crippen molar-refractivity contribution in [3.8, 4) is 0 Å². The zero-order valence-corrected chi connectivity index (χ0v) is 18.2. The molecule has 0 saturated carbocycles. The molecular formula is C16H15F3N4O4S3. The quantitative estimate of drug-likeness (QED) is 0.517. The minimum atomic E-state index is -4.52. The van der Waals surface area contributed by atoms with Crippen molar-refractivity contribution in [1.82, 2.24) is 9.62 Å². The number of alkyl halides is 3. The number of fused-ring (bicyclic) bond motifs is 1. The number of thioether (sulfide) groups is 1. The van der Waals surface area contributed by atoms with E-state index in [0.717, 1.165) is 35.1 Å². The van der Waals surface area contributed by atoms with Crippen LogP contribution in [0, 0.1) is 0 Å². The summed E-state index contributed by atoms with van der Waals surface area (Å²) in [5.74, 6) is -1.29. The van der Waals surface area contributed by atoms with Crippen molar-refractivity contribution >= 4 is 61.5 Å². The predicted molar refractivity (Wildman–Crippen MR) is 110 cm³/mol. The smallest absolute Gasteiger partial charge is 0.328 e. The summed E-state index contributed by atoms with van der Waals surface area (Å²) in [6.07, 6.45) is -3.72. The Kier molecular flexibility index (Phi) is 5.54. The first-order valence-electron chi connectivity index (χ1n) is 8.18. The number of nitrogens with zero attached hydrogens (tertiary/aromatic N) is 3. The normalized spacial score (nSPS) is 19.6. The van der Waals surface area contributed by atoms with Gasteiger partial charge in [0, 0.05) is 14.1 Å². The van der Waals surface area contributed by atoms with Gasteiger partial charge < -0.3 is 9.80 Å². The Morgan fingerprint density at radius 2 is 1.80 bits per heavy atom. The van der Waals surface area contributed by atoms with Crippen LogP contribution in [0.4, 0.5) is 24.5 Å². The fourth-order valence-corrected chi connectivity index (χ4v) is 4.93. The topological polar surface area (TPSA) is 90.0 Å². The van der Waals surface area contributed by atoms with E-state index in [1.165, 1.54) is 18.0 Å². The first kappa shape index (κ1) is 22.4. The Bertz CT molecular complexity index is 1100. The average Bonchev–Trinajstić information content (AvgIpc) is 3.00. The van der Waals surface area contributed by atoms with E-state index in [4.69, 9.17) is 12.2 Å². The molecule has 1 fully saturated rings. The summed E-state index contributed by atoms with van der Waals surface area (Å²) in [5.41, 5.74) is -0.115. The van der Waals surface area contributed by atoms with Crippen LogP contribution in [0.3, 0.4) is 0 Å². The molecule has 0 aliphatic carbocycles. The Morgan fingerprint density at radius 1 is 1.20 bits per heavy atom. The first-order chi connectivity index (χ1) is 13.7. The summed E-state index contributed by atoms with van der Waals surface area (Å²) < 4.78 is 63.4. The summed E-state index contributed by atoms with van der Waals surface area (Å²) in [5, 5.41) is 0. The summed E-state index contributed by atoms with van der Waals surface area (Å²) >= 11 is 6.02. The number of hydrogen-bond donors (Lipinski definition) is 1. The molecule has 1 N–H and O–H groups in total. The lowest BCUT2D eigenvalue weighted by Crippen LogP contribution is -2.41. The highest BCUT2D eigenvalue weighted by molar-refractivity contribution is 8.26. The lowest BCUT2D eigenvalue weighted by atomic mass is 10.1. The van der Waals surface area contributed by atoms with Crippen LogP contribution in [0.15, 0.2) is 28.9 Å². The predicted octanol–water partition coefficient (Wildman–Crippen LogP) is 1.70. The van der Waals surface area contributed by atoms with Crippen LogP contribution in [0.25, 0.3) is 0 Å². The summed E-state index contributed by atoms with van der Waals surface area (Å²) in [6, 6.07) is 3.24. The summed E-state index contributed by atoms with van der Waals surface area (Å²) in [7, 11) is -0.701. The van der Waals surface area contributed by atoms with Gasteiger partial charge in [0.2, 0.25) is 10.0 Å². The third-order valence-electron chi connectivity index (χ3n) is 4.31. The molecule has 14 heteroatoms. The van der Waals surface area contributed by atoms with Crippen molar-refractivity contribution in [3.05, 3.63) is 34.5 Å². The van der Waals surface area contributed by atoms with Crippen LogP contribution in [0.2, 0.25) is 0 Å². The number of carbonyl (C=O) groups excluding carboxylic acids is 2. The molecule has 0 bridgehead atoms. The van der Waals surface area contributed by atoms with E-state index in [2.05, 4.69) is 0 Å². The van der Waals surface area contributed by atoms with Gasteiger partial charge in [-0.3, -0.25) is 19.2 Å². The van der Waals surface area contributed by atoms with Crippen LogP contribution in [0.5, 0.6) is 0 Å². The molecule has 2 amide bonds. The Labute approximate surface area is 179 Å². The molecule has 162 valence electrons. The van der Waals surface area contributed by atoms with Crippen LogP contribution in [-0.2, 0) is 25.8 Å². The molecule has 2 aliphatic heterocycles. The van der Waals surface area contributed by atoms with Crippen molar-refractivity contribution in [2.45, 2.75) is 6.18 Å². The van der Waals surface area contributed by atoms with Gasteiger partial charge in [-0.2, -0.15) is 13.2 Å². The molecule has 1 saturated heterocycles. The van der Waals surface area contributed by atoms with Gasteiger partial charge in [0.15, 0.2) is 0 Å². The van der Waals surface area contributed by atoms with E-state index in [1.807, 2.05) is 0 Å². The van der Waals surface area contributed by atoms with Crippen LogP contribution in [0.1, 0.15) is 5.56 Å². The highest BCUT2D eigenvalue weighted by Gasteiger charge is 2.41. The minimum Gasteiger partial charge on any atom is -0.328 e. The van der Waals surface area contributed by atoms with Crippen LogP contribution >= 0.6 is 24.0 Å². The highest BCUT2D eigenvalue weighted by Crippen LogP contribution is 2.46. The number of halogens is 3. The molecule has 2 aliphatic rings. The number of hydrogen-bond acceptors (Lipinski definition) is 8. The van der Waals surface area contributed by atoms with Gasteiger partial charge >= 0.3 is 6.18 Å². The molecule has 0 aromatic heterocycles. The largest absolute Gasteiger partial charge is 0.416 e. The van der Waals surface area contributed by atoms with Crippen molar-refractivity contribution in [2.24, 2.45) is 0 Å². The van der Waals surface area contributed by atoms with Gasteiger partial charge in [0.25, 0.3) is 11.8 Å². The molecule has 2 heterocycles. The number of benzene rings is 1. The van der Waals surface area contributed by atoms with E-state index in [0.29, 0.717) is 11.5 Å². The monoisotopic (exact) mass is 480 g/mol. The van der Waals surface area contributed by atoms with E-state index in [9.17, 15) is 31.2 Å². The summed E-state index contributed by atoms with van der Waals surface area (Å²) in [6.45, 7) is -0.604. The maximum absolute atomic E-state index is 13.1. The van der Waals surface area contributed by atoms with E-state index >= 15 is 0 Å². The Hall–Kier alpha value is -2.32. The van der Waals surface area contributed by atoms with E-state index < -0.39 is 40.1 Å². The number of anilines is 2. The molecule has 1 aromatic carbocycles. The van der Waals surface area contributed by atoms with Crippen molar-refractivity contribution in [1.29, 1.82) is 0 Å². The average molecular weight is 481 g/mol. The number of carbonyl (C=O) groups is 2. The number of thiocarbonyl (C=S) groups is 1. The maximum Gasteiger partial charge on any atom is 0.416 e.